The smallest absolute Gasteiger partial charge is 0.171 e. The molecule has 1 atom stereocenters. The van der Waals surface area contributed by atoms with E-state index < -0.39 is 0 Å². The van der Waals surface area contributed by atoms with Crippen molar-refractivity contribution in [3.05, 3.63) is 52.9 Å². The third kappa shape index (κ3) is 2.76. The van der Waals surface area contributed by atoms with E-state index in [0.29, 0.717) is 16.5 Å². The van der Waals surface area contributed by atoms with Gasteiger partial charge in [0.15, 0.2) is 11.0 Å². The fourth-order valence-corrected chi connectivity index (χ4v) is 1.71. The Bertz CT molecular complexity index is 574. The van der Waals surface area contributed by atoms with Crippen LogP contribution in [0.1, 0.15) is 24.1 Å². The molecule has 1 N–H and O–H groups in total. The van der Waals surface area contributed by atoms with Crippen molar-refractivity contribution >= 4 is 17.4 Å². The van der Waals surface area contributed by atoms with E-state index in [9.17, 15) is 0 Å². The Morgan fingerprint density at radius 3 is 2.50 bits per heavy atom. The molecule has 1 aromatic heterocycles. The molecular formula is C13H11ClN4. The molecule has 0 spiro atoms. The highest BCUT2D eigenvalue weighted by molar-refractivity contribution is 6.31. The molecule has 2 rings (SSSR count). The van der Waals surface area contributed by atoms with Crippen LogP contribution in [-0.2, 0) is 0 Å². The molecule has 5 heteroatoms. The topological polar surface area (TPSA) is 61.6 Å². The Hall–Kier alpha value is -2.12. The van der Waals surface area contributed by atoms with E-state index >= 15 is 0 Å². The molecule has 90 valence electrons. The van der Waals surface area contributed by atoms with Crippen LogP contribution < -0.4 is 5.32 Å². The third-order valence-corrected chi connectivity index (χ3v) is 2.82. The highest BCUT2D eigenvalue weighted by atomic mass is 35.5. The van der Waals surface area contributed by atoms with Crippen LogP contribution in [0.3, 0.4) is 0 Å². The number of anilines is 1. The molecule has 0 aliphatic rings. The Morgan fingerprint density at radius 2 is 1.89 bits per heavy atom. The van der Waals surface area contributed by atoms with Gasteiger partial charge >= 0.3 is 0 Å². The molecule has 2 aromatic rings. The zero-order valence-electron chi connectivity index (χ0n) is 9.76. The molecule has 0 saturated carbocycles. The van der Waals surface area contributed by atoms with Crippen LogP contribution in [0.25, 0.3) is 0 Å². The lowest BCUT2D eigenvalue weighted by Crippen LogP contribution is -2.08. The number of halogens is 1. The van der Waals surface area contributed by atoms with Crippen LogP contribution in [0.2, 0.25) is 5.15 Å². The largest absolute Gasteiger partial charge is 0.361 e. The van der Waals surface area contributed by atoms with Gasteiger partial charge in [-0.2, -0.15) is 5.26 Å². The van der Waals surface area contributed by atoms with Gasteiger partial charge in [-0.15, -0.1) is 0 Å². The first kappa shape index (κ1) is 12.3. The van der Waals surface area contributed by atoms with E-state index in [4.69, 9.17) is 16.9 Å². The first-order valence-electron chi connectivity index (χ1n) is 5.44. The van der Waals surface area contributed by atoms with Crippen LogP contribution in [0.4, 0.5) is 5.82 Å². The van der Waals surface area contributed by atoms with E-state index in [1.807, 2.05) is 19.1 Å². The molecule has 4 nitrogen and oxygen atoms in total. The van der Waals surface area contributed by atoms with E-state index in [-0.39, 0.29) is 6.04 Å². The van der Waals surface area contributed by atoms with Crippen molar-refractivity contribution in [2.45, 2.75) is 13.0 Å². The SMILES string of the molecule is CC(Nc1nccnc1Cl)c1ccc(C#N)cc1. The van der Waals surface area contributed by atoms with Gasteiger partial charge in [-0.25, -0.2) is 9.97 Å². The van der Waals surface area contributed by atoms with E-state index in [1.54, 1.807) is 24.5 Å². The van der Waals surface area contributed by atoms with Gasteiger partial charge in [-0.1, -0.05) is 23.7 Å². The van der Waals surface area contributed by atoms with Crippen molar-refractivity contribution in [3.63, 3.8) is 0 Å². The number of nitrogens with zero attached hydrogens (tertiary/aromatic N) is 3. The summed E-state index contributed by atoms with van der Waals surface area (Å²) in [6.45, 7) is 1.99. The summed E-state index contributed by atoms with van der Waals surface area (Å²) >= 11 is 5.92. The number of benzene rings is 1. The lowest BCUT2D eigenvalue weighted by Gasteiger charge is -2.15. The summed E-state index contributed by atoms with van der Waals surface area (Å²) in [7, 11) is 0. The second kappa shape index (κ2) is 5.48. The highest BCUT2D eigenvalue weighted by Crippen LogP contribution is 2.22. The Labute approximate surface area is 110 Å². The predicted octanol–water partition coefficient (Wildman–Crippen LogP) is 3.17. The minimum Gasteiger partial charge on any atom is -0.361 e. The summed E-state index contributed by atoms with van der Waals surface area (Å²) in [6.07, 6.45) is 3.12. The molecule has 0 aliphatic heterocycles. The van der Waals surface area contributed by atoms with Gasteiger partial charge in [-0.05, 0) is 24.6 Å². The van der Waals surface area contributed by atoms with Crippen molar-refractivity contribution in [2.75, 3.05) is 5.32 Å². The molecule has 1 unspecified atom stereocenters. The van der Waals surface area contributed by atoms with E-state index in [2.05, 4.69) is 21.4 Å². The molecule has 0 fully saturated rings. The minimum atomic E-state index is 0.0342. The van der Waals surface area contributed by atoms with Crippen LogP contribution in [0, 0.1) is 11.3 Å². The fraction of sp³-hybridized carbons (Fsp3) is 0.154. The van der Waals surface area contributed by atoms with Gasteiger partial charge in [0.1, 0.15) is 0 Å². The van der Waals surface area contributed by atoms with Gasteiger partial charge in [0, 0.05) is 12.4 Å². The molecule has 0 amide bonds. The van der Waals surface area contributed by atoms with Crippen molar-refractivity contribution in [2.24, 2.45) is 0 Å². The molecule has 0 bridgehead atoms. The second-order valence-corrected chi connectivity index (χ2v) is 4.15. The van der Waals surface area contributed by atoms with E-state index in [0.717, 1.165) is 5.56 Å². The van der Waals surface area contributed by atoms with Gasteiger partial charge in [0.2, 0.25) is 0 Å². The second-order valence-electron chi connectivity index (χ2n) is 3.80. The standard InChI is InChI=1S/C13H11ClN4/c1-9(11-4-2-10(8-15)3-5-11)18-13-12(14)16-6-7-17-13/h2-7,9H,1H3,(H,17,18). The van der Waals surface area contributed by atoms with Gasteiger partial charge in [-0.3, -0.25) is 0 Å². The summed E-state index contributed by atoms with van der Waals surface area (Å²) in [4.78, 5) is 8.07. The van der Waals surface area contributed by atoms with Gasteiger partial charge in [0.05, 0.1) is 17.7 Å². The van der Waals surface area contributed by atoms with Crippen molar-refractivity contribution in [1.82, 2.24) is 9.97 Å². The average molecular weight is 259 g/mol. The quantitative estimate of drug-likeness (QED) is 0.919. The Kier molecular flexibility index (Phi) is 3.75. The number of nitriles is 1. The number of nitrogens with one attached hydrogen (secondary N) is 1. The van der Waals surface area contributed by atoms with Crippen LogP contribution in [0.5, 0.6) is 0 Å². The lowest BCUT2D eigenvalue weighted by molar-refractivity contribution is 0.871. The zero-order valence-corrected chi connectivity index (χ0v) is 10.5. The minimum absolute atomic E-state index is 0.0342. The van der Waals surface area contributed by atoms with Crippen LogP contribution in [-0.4, -0.2) is 9.97 Å². The first-order valence-corrected chi connectivity index (χ1v) is 5.81. The molecule has 18 heavy (non-hydrogen) atoms. The third-order valence-electron chi connectivity index (χ3n) is 2.55. The number of aromatic nitrogens is 2. The molecular weight excluding hydrogens is 248 g/mol. The normalized spacial score (nSPS) is 11.6. The van der Waals surface area contributed by atoms with Gasteiger partial charge < -0.3 is 5.32 Å². The lowest BCUT2D eigenvalue weighted by atomic mass is 10.1. The summed E-state index contributed by atoms with van der Waals surface area (Å²) < 4.78 is 0. The maximum absolute atomic E-state index is 8.74. The van der Waals surface area contributed by atoms with E-state index in [1.165, 1.54) is 0 Å². The first-order chi connectivity index (χ1) is 8.70. The number of hydrogen-bond donors (Lipinski definition) is 1. The van der Waals surface area contributed by atoms with Crippen LogP contribution in [0.15, 0.2) is 36.7 Å². The Balaban J connectivity index is 2.15. The van der Waals surface area contributed by atoms with Crippen molar-refractivity contribution in [1.29, 1.82) is 5.26 Å². The molecule has 0 aliphatic carbocycles. The average Bonchev–Trinajstić information content (AvgIpc) is 2.41. The molecule has 1 aromatic carbocycles. The predicted molar refractivity (Wildman–Crippen MR) is 70.2 cm³/mol. The fourth-order valence-electron chi connectivity index (χ4n) is 1.55. The van der Waals surface area contributed by atoms with Crippen molar-refractivity contribution in [3.8, 4) is 6.07 Å². The maximum Gasteiger partial charge on any atom is 0.171 e. The molecule has 0 radical (unpaired) electrons. The summed E-state index contributed by atoms with van der Waals surface area (Å²) in [5.74, 6) is 0.552. The molecule has 1 heterocycles. The maximum atomic E-state index is 8.74. The summed E-state index contributed by atoms with van der Waals surface area (Å²) in [6, 6.07) is 9.50. The van der Waals surface area contributed by atoms with Gasteiger partial charge in [0.25, 0.3) is 0 Å². The summed E-state index contributed by atoms with van der Waals surface area (Å²) in [5, 5.41) is 12.3. The number of hydrogen-bond acceptors (Lipinski definition) is 4. The Morgan fingerprint density at radius 1 is 1.22 bits per heavy atom. The molecule has 0 saturated heterocycles. The highest BCUT2D eigenvalue weighted by Gasteiger charge is 2.08. The van der Waals surface area contributed by atoms with Crippen molar-refractivity contribution < 1.29 is 0 Å². The number of rotatable bonds is 3. The zero-order chi connectivity index (χ0) is 13.0. The van der Waals surface area contributed by atoms with Crippen LogP contribution >= 0.6 is 11.6 Å². The summed E-state index contributed by atoms with van der Waals surface area (Å²) in [5.41, 5.74) is 1.69. The monoisotopic (exact) mass is 258 g/mol.